The SMILES string of the molecule is CN(C(=O)C1(C)CCCCC1)c1ccc(C#N)cc1. The second kappa shape index (κ2) is 5.44. The number of nitrogens with zero attached hydrogens (tertiary/aromatic N) is 2. The molecule has 0 heterocycles. The van der Waals surface area contributed by atoms with Crippen molar-refractivity contribution in [2.24, 2.45) is 5.41 Å². The quantitative estimate of drug-likeness (QED) is 0.813. The molecular weight excluding hydrogens is 236 g/mol. The van der Waals surface area contributed by atoms with Gasteiger partial charge in [0, 0.05) is 18.2 Å². The van der Waals surface area contributed by atoms with Gasteiger partial charge in [0.25, 0.3) is 0 Å². The van der Waals surface area contributed by atoms with Crippen LogP contribution in [0.4, 0.5) is 5.69 Å². The van der Waals surface area contributed by atoms with E-state index in [9.17, 15) is 4.79 Å². The fraction of sp³-hybridized carbons (Fsp3) is 0.500. The number of benzene rings is 1. The Bertz CT molecular complexity index is 492. The van der Waals surface area contributed by atoms with Gasteiger partial charge in [-0.15, -0.1) is 0 Å². The maximum atomic E-state index is 12.6. The van der Waals surface area contributed by atoms with Crippen LogP contribution in [0, 0.1) is 16.7 Å². The molecule has 1 aromatic rings. The number of hydrogen-bond donors (Lipinski definition) is 0. The summed E-state index contributed by atoms with van der Waals surface area (Å²) in [6.07, 6.45) is 5.48. The average Bonchev–Trinajstić information content (AvgIpc) is 2.46. The predicted octanol–water partition coefficient (Wildman–Crippen LogP) is 3.49. The molecule has 1 aliphatic rings. The molecule has 0 N–H and O–H groups in total. The Kier molecular flexibility index (Phi) is 3.90. The van der Waals surface area contributed by atoms with Gasteiger partial charge in [0.2, 0.25) is 5.91 Å². The third-order valence-electron chi connectivity index (χ3n) is 4.16. The lowest BCUT2D eigenvalue weighted by Crippen LogP contribution is -2.41. The van der Waals surface area contributed by atoms with E-state index in [1.54, 1.807) is 17.0 Å². The Morgan fingerprint density at radius 1 is 1.21 bits per heavy atom. The second-order valence-corrected chi connectivity index (χ2v) is 5.64. The van der Waals surface area contributed by atoms with Crippen LogP contribution >= 0.6 is 0 Å². The molecule has 0 bridgehead atoms. The first-order valence-corrected chi connectivity index (χ1v) is 6.85. The standard InChI is InChI=1S/C16H20N2O/c1-16(10-4-3-5-11-16)15(19)18(2)14-8-6-13(12-17)7-9-14/h6-9H,3-5,10-11H2,1-2H3. The van der Waals surface area contributed by atoms with E-state index in [2.05, 4.69) is 13.0 Å². The van der Waals surface area contributed by atoms with E-state index in [1.165, 1.54) is 6.42 Å². The van der Waals surface area contributed by atoms with Crippen LogP contribution in [-0.2, 0) is 4.79 Å². The summed E-state index contributed by atoms with van der Waals surface area (Å²) in [4.78, 5) is 14.4. The molecule has 19 heavy (non-hydrogen) atoms. The van der Waals surface area contributed by atoms with Crippen LogP contribution in [-0.4, -0.2) is 13.0 Å². The maximum absolute atomic E-state index is 12.6. The van der Waals surface area contributed by atoms with E-state index in [4.69, 9.17) is 5.26 Å². The molecule has 1 fully saturated rings. The van der Waals surface area contributed by atoms with E-state index in [1.807, 2.05) is 19.2 Å². The van der Waals surface area contributed by atoms with Gasteiger partial charge in [-0.1, -0.05) is 26.2 Å². The number of rotatable bonds is 2. The first-order chi connectivity index (χ1) is 9.07. The summed E-state index contributed by atoms with van der Waals surface area (Å²) < 4.78 is 0. The fourth-order valence-corrected chi connectivity index (χ4v) is 2.83. The highest BCUT2D eigenvalue weighted by Crippen LogP contribution is 2.38. The minimum Gasteiger partial charge on any atom is -0.315 e. The fourth-order valence-electron chi connectivity index (χ4n) is 2.83. The topological polar surface area (TPSA) is 44.1 Å². The molecule has 3 heteroatoms. The maximum Gasteiger partial charge on any atom is 0.232 e. The highest BCUT2D eigenvalue weighted by Gasteiger charge is 2.36. The number of amides is 1. The van der Waals surface area contributed by atoms with E-state index < -0.39 is 0 Å². The van der Waals surface area contributed by atoms with E-state index in [0.717, 1.165) is 31.4 Å². The lowest BCUT2D eigenvalue weighted by atomic mass is 9.74. The molecule has 3 nitrogen and oxygen atoms in total. The van der Waals surface area contributed by atoms with Crippen LogP contribution in [0.25, 0.3) is 0 Å². The van der Waals surface area contributed by atoms with Crippen molar-refractivity contribution in [3.8, 4) is 6.07 Å². The van der Waals surface area contributed by atoms with Crippen LogP contribution in [0.5, 0.6) is 0 Å². The van der Waals surface area contributed by atoms with Gasteiger partial charge in [0.15, 0.2) is 0 Å². The van der Waals surface area contributed by atoms with Gasteiger partial charge in [0.1, 0.15) is 0 Å². The Balaban J connectivity index is 2.16. The van der Waals surface area contributed by atoms with Crippen molar-refractivity contribution < 1.29 is 4.79 Å². The van der Waals surface area contributed by atoms with E-state index >= 15 is 0 Å². The summed E-state index contributed by atoms with van der Waals surface area (Å²) in [7, 11) is 1.82. The van der Waals surface area contributed by atoms with Gasteiger partial charge in [-0.05, 0) is 37.1 Å². The molecule has 0 aliphatic heterocycles. The third kappa shape index (κ3) is 2.78. The smallest absolute Gasteiger partial charge is 0.232 e. The van der Waals surface area contributed by atoms with Gasteiger partial charge in [-0.2, -0.15) is 5.26 Å². The molecule has 0 saturated heterocycles. The van der Waals surface area contributed by atoms with Crippen molar-refractivity contribution in [2.45, 2.75) is 39.0 Å². The normalized spacial score (nSPS) is 17.5. The van der Waals surface area contributed by atoms with Crippen molar-refractivity contribution in [2.75, 3.05) is 11.9 Å². The summed E-state index contributed by atoms with van der Waals surface area (Å²) in [5.41, 5.74) is 1.25. The van der Waals surface area contributed by atoms with Crippen LogP contribution < -0.4 is 4.90 Å². The predicted molar refractivity (Wildman–Crippen MR) is 75.8 cm³/mol. The largest absolute Gasteiger partial charge is 0.315 e. The number of carbonyl (C=O) groups excluding carboxylic acids is 1. The summed E-state index contributed by atoms with van der Waals surface area (Å²) in [5, 5.41) is 8.79. The van der Waals surface area contributed by atoms with E-state index in [-0.39, 0.29) is 11.3 Å². The minimum atomic E-state index is -0.221. The van der Waals surface area contributed by atoms with Crippen LogP contribution in [0.15, 0.2) is 24.3 Å². The van der Waals surface area contributed by atoms with Crippen molar-refractivity contribution in [1.82, 2.24) is 0 Å². The highest BCUT2D eigenvalue weighted by molar-refractivity contribution is 5.97. The molecule has 1 saturated carbocycles. The number of anilines is 1. The zero-order chi connectivity index (χ0) is 13.9. The van der Waals surface area contributed by atoms with E-state index in [0.29, 0.717) is 5.56 Å². The van der Waals surface area contributed by atoms with Crippen molar-refractivity contribution >= 4 is 11.6 Å². The summed E-state index contributed by atoms with van der Waals surface area (Å²) in [5.74, 6) is 0.192. The van der Waals surface area contributed by atoms with Gasteiger partial charge >= 0.3 is 0 Å². The zero-order valence-corrected chi connectivity index (χ0v) is 11.6. The Hall–Kier alpha value is -1.82. The molecule has 0 aromatic heterocycles. The Morgan fingerprint density at radius 3 is 2.32 bits per heavy atom. The van der Waals surface area contributed by atoms with Gasteiger partial charge in [-0.25, -0.2) is 0 Å². The Morgan fingerprint density at radius 2 is 1.79 bits per heavy atom. The molecule has 1 aliphatic carbocycles. The zero-order valence-electron chi connectivity index (χ0n) is 11.6. The monoisotopic (exact) mass is 256 g/mol. The lowest BCUT2D eigenvalue weighted by Gasteiger charge is -2.35. The summed E-state index contributed by atoms with van der Waals surface area (Å²) in [6, 6.07) is 9.27. The molecule has 100 valence electrons. The highest BCUT2D eigenvalue weighted by atomic mass is 16.2. The second-order valence-electron chi connectivity index (χ2n) is 5.64. The van der Waals surface area contributed by atoms with Gasteiger partial charge < -0.3 is 4.90 Å². The molecule has 0 spiro atoms. The molecule has 0 atom stereocenters. The number of nitriles is 1. The molecule has 1 amide bonds. The molecule has 0 unspecified atom stereocenters. The van der Waals surface area contributed by atoms with Gasteiger partial charge in [-0.3, -0.25) is 4.79 Å². The van der Waals surface area contributed by atoms with Crippen LogP contribution in [0.1, 0.15) is 44.6 Å². The minimum absolute atomic E-state index is 0.192. The van der Waals surface area contributed by atoms with Crippen LogP contribution in [0.3, 0.4) is 0 Å². The first kappa shape index (κ1) is 13.6. The van der Waals surface area contributed by atoms with Crippen molar-refractivity contribution in [3.63, 3.8) is 0 Å². The lowest BCUT2D eigenvalue weighted by molar-refractivity contribution is -0.128. The average molecular weight is 256 g/mol. The third-order valence-corrected chi connectivity index (χ3v) is 4.16. The number of hydrogen-bond acceptors (Lipinski definition) is 2. The molecule has 2 rings (SSSR count). The summed E-state index contributed by atoms with van der Waals surface area (Å²) >= 11 is 0. The molecular formula is C16H20N2O. The summed E-state index contributed by atoms with van der Waals surface area (Å²) in [6.45, 7) is 2.08. The Labute approximate surface area is 114 Å². The first-order valence-electron chi connectivity index (χ1n) is 6.85. The van der Waals surface area contributed by atoms with Gasteiger partial charge in [0.05, 0.1) is 11.6 Å². The molecule has 1 aromatic carbocycles. The van der Waals surface area contributed by atoms with Crippen molar-refractivity contribution in [3.05, 3.63) is 29.8 Å². The molecule has 0 radical (unpaired) electrons. The van der Waals surface area contributed by atoms with Crippen LogP contribution in [0.2, 0.25) is 0 Å². The van der Waals surface area contributed by atoms with Crippen molar-refractivity contribution in [1.29, 1.82) is 5.26 Å². The number of carbonyl (C=O) groups is 1.